The molecule has 1 radical (unpaired) electrons. The minimum absolute atomic E-state index is 0.550. The van der Waals surface area contributed by atoms with Crippen LogP contribution in [0.15, 0.2) is 23.1 Å². The van der Waals surface area contributed by atoms with Crippen LogP contribution in [0.4, 0.5) is 0 Å². The van der Waals surface area contributed by atoms with Gasteiger partial charge < -0.3 is 4.55 Å². The molecule has 0 spiro atoms. The zero-order valence-corrected chi connectivity index (χ0v) is 7.00. The van der Waals surface area contributed by atoms with Crippen molar-refractivity contribution in [3.8, 4) is 0 Å². The second-order valence-electron chi connectivity index (χ2n) is 1.83. The van der Waals surface area contributed by atoms with Gasteiger partial charge in [-0.15, -0.1) is 0 Å². The second kappa shape index (κ2) is 3.28. The number of rotatable bonds is 1. The summed E-state index contributed by atoms with van der Waals surface area (Å²) in [5.41, 5.74) is 0. The van der Waals surface area contributed by atoms with Gasteiger partial charge in [0.1, 0.15) is 6.26 Å². The molecule has 0 aliphatic rings. The molecule has 0 heterocycles. The Morgan fingerprint density at radius 1 is 1.60 bits per heavy atom. The molecule has 0 saturated carbocycles. The molecular formula is C7H6ClOS. The maximum Gasteiger partial charge on any atom is 0.153 e. The van der Waals surface area contributed by atoms with E-state index in [0.29, 0.717) is 5.02 Å². The van der Waals surface area contributed by atoms with Crippen molar-refractivity contribution in [2.75, 3.05) is 6.26 Å². The summed E-state index contributed by atoms with van der Waals surface area (Å²) >= 11 is 4.63. The van der Waals surface area contributed by atoms with Gasteiger partial charge in [-0.1, -0.05) is 11.6 Å². The minimum atomic E-state index is -0.927. The Balaban J connectivity index is 2.89. The summed E-state index contributed by atoms with van der Waals surface area (Å²) in [6, 6.07) is 7.80. The molecule has 1 nitrogen and oxygen atoms in total. The molecule has 53 valence electrons. The van der Waals surface area contributed by atoms with Gasteiger partial charge in [0.15, 0.2) is 4.90 Å². The normalized spacial score (nSPS) is 13.1. The number of hydrogen-bond acceptors (Lipinski definition) is 1. The van der Waals surface area contributed by atoms with Crippen LogP contribution in [0.1, 0.15) is 0 Å². The van der Waals surface area contributed by atoms with Crippen LogP contribution in [0.25, 0.3) is 0 Å². The van der Waals surface area contributed by atoms with Crippen LogP contribution in [-0.4, -0.2) is 10.8 Å². The van der Waals surface area contributed by atoms with Crippen molar-refractivity contribution in [3.63, 3.8) is 0 Å². The molecule has 1 atom stereocenters. The van der Waals surface area contributed by atoms with Crippen LogP contribution in [0.3, 0.4) is 0 Å². The van der Waals surface area contributed by atoms with E-state index in [0.717, 1.165) is 4.90 Å². The van der Waals surface area contributed by atoms with Crippen LogP contribution >= 0.6 is 11.6 Å². The highest BCUT2D eigenvalue weighted by atomic mass is 35.5. The van der Waals surface area contributed by atoms with Crippen molar-refractivity contribution in [2.45, 2.75) is 4.90 Å². The highest BCUT2D eigenvalue weighted by Gasteiger charge is 2.01. The third-order valence-electron chi connectivity index (χ3n) is 1.08. The molecule has 1 aromatic carbocycles. The third-order valence-corrected chi connectivity index (χ3v) is 2.23. The summed E-state index contributed by atoms with van der Waals surface area (Å²) in [6.07, 6.45) is 1.62. The van der Waals surface area contributed by atoms with E-state index in [1.54, 1.807) is 24.5 Å². The summed E-state index contributed by atoms with van der Waals surface area (Å²) in [5.74, 6) is 0. The van der Waals surface area contributed by atoms with Crippen molar-refractivity contribution < 1.29 is 4.55 Å². The predicted octanol–water partition coefficient (Wildman–Crippen LogP) is 1.88. The first-order valence-electron chi connectivity index (χ1n) is 2.71. The molecule has 0 amide bonds. The monoisotopic (exact) mass is 173 g/mol. The fourth-order valence-corrected chi connectivity index (χ4v) is 1.17. The van der Waals surface area contributed by atoms with Crippen molar-refractivity contribution in [1.82, 2.24) is 0 Å². The molecule has 10 heavy (non-hydrogen) atoms. The molecule has 1 unspecified atom stereocenters. The first-order chi connectivity index (χ1) is 4.70. The third kappa shape index (κ3) is 1.90. The van der Waals surface area contributed by atoms with Crippen molar-refractivity contribution >= 4 is 22.8 Å². The smallest absolute Gasteiger partial charge is 0.153 e. The van der Waals surface area contributed by atoms with Crippen LogP contribution < -0.4 is 0 Å². The topological polar surface area (TPSA) is 23.1 Å². The molecule has 0 aromatic heterocycles. The van der Waals surface area contributed by atoms with E-state index in [1.807, 2.05) is 0 Å². The first kappa shape index (κ1) is 7.92. The highest BCUT2D eigenvalue weighted by molar-refractivity contribution is 7.90. The SMILES string of the molecule is C[S+]([O-])c1c[c]c(Cl)cc1. The van der Waals surface area contributed by atoms with Crippen LogP contribution in [0, 0.1) is 6.07 Å². The van der Waals surface area contributed by atoms with Gasteiger partial charge >= 0.3 is 0 Å². The van der Waals surface area contributed by atoms with Gasteiger partial charge in [-0.05, 0) is 23.3 Å². The summed E-state index contributed by atoms with van der Waals surface area (Å²) in [6.45, 7) is 0. The summed E-state index contributed by atoms with van der Waals surface area (Å²) in [4.78, 5) is 0.754. The largest absolute Gasteiger partial charge is 0.612 e. The zero-order valence-electron chi connectivity index (χ0n) is 5.43. The molecule has 0 fully saturated rings. The second-order valence-corrected chi connectivity index (χ2v) is 3.61. The lowest BCUT2D eigenvalue weighted by Crippen LogP contribution is -1.95. The molecule has 1 aromatic rings. The highest BCUT2D eigenvalue weighted by Crippen LogP contribution is 2.12. The Kier molecular flexibility index (Phi) is 2.60. The summed E-state index contributed by atoms with van der Waals surface area (Å²) < 4.78 is 10.8. The molecular weight excluding hydrogens is 168 g/mol. The minimum Gasteiger partial charge on any atom is -0.612 e. The van der Waals surface area contributed by atoms with Gasteiger partial charge in [-0.2, -0.15) is 0 Å². The lowest BCUT2D eigenvalue weighted by atomic mass is 10.4. The lowest BCUT2D eigenvalue weighted by molar-refractivity contribution is 0.601. The van der Waals surface area contributed by atoms with Gasteiger partial charge in [-0.3, -0.25) is 0 Å². The van der Waals surface area contributed by atoms with E-state index in [1.165, 1.54) is 0 Å². The number of halogens is 1. The Morgan fingerprint density at radius 3 is 2.70 bits per heavy atom. The van der Waals surface area contributed by atoms with Crippen LogP contribution in [0.5, 0.6) is 0 Å². The van der Waals surface area contributed by atoms with Crippen molar-refractivity contribution in [3.05, 3.63) is 29.3 Å². The molecule has 0 saturated heterocycles. The molecule has 3 heteroatoms. The van der Waals surface area contributed by atoms with E-state index in [2.05, 4.69) is 6.07 Å². The van der Waals surface area contributed by atoms with Gasteiger partial charge in [0.2, 0.25) is 0 Å². The van der Waals surface area contributed by atoms with E-state index < -0.39 is 11.2 Å². The Labute approximate surface area is 68.2 Å². The quantitative estimate of drug-likeness (QED) is 0.595. The van der Waals surface area contributed by atoms with Gasteiger partial charge in [0.25, 0.3) is 0 Å². The van der Waals surface area contributed by atoms with Gasteiger partial charge in [-0.25, -0.2) is 0 Å². The average molecular weight is 174 g/mol. The molecule has 1 rings (SSSR count). The first-order valence-corrected chi connectivity index (χ1v) is 4.64. The lowest BCUT2D eigenvalue weighted by Gasteiger charge is -2.01. The number of benzene rings is 1. The molecule has 0 aliphatic heterocycles. The van der Waals surface area contributed by atoms with E-state index in [4.69, 9.17) is 11.6 Å². The zero-order chi connectivity index (χ0) is 7.56. The average Bonchev–Trinajstić information content (AvgIpc) is 1.88. The van der Waals surface area contributed by atoms with Crippen LogP contribution in [-0.2, 0) is 11.2 Å². The standard InChI is InChI=1S/C7H6ClOS/c1-10(9)7-4-2-6(8)3-5-7/h2,4-5H,1H3. The fourth-order valence-electron chi connectivity index (χ4n) is 0.570. The fraction of sp³-hybridized carbons (Fsp3) is 0.143. The van der Waals surface area contributed by atoms with Crippen molar-refractivity contribution in [1.29, 1.82) is 0 Å². The maximum absolute atomic E-state index is 10.8. The molecule has 0 bridgehead atoms. The molecule has 0 aliphatic carbocycles. The van der Waals surface area contributed by atoms with Gasteiger partial charge in [0, 0.05) is 17.2 Å². The van der Waals surface area contributed by atoms with E-state index >= 15 is 0 Å². The van der Waals surface area contributed by atoms with E-state index in [-0.39, 0.29) is 0 Å². The Hall–Kier alpha value is -0.180. The van der Waals surface area contributed by atoms with Gasteiger partial charge in [0.05, 0.1) is 0 Å². The Bertz CT molecular complexity index is 207. The maximum atomic E-state index is 10.8. The predicted molar refractivity (Wildman–Crippen MR) is 42.6 cm³/mol. The van der Waals surface area contributed by atoms with Crippen LogP contribution in [0.2, 0.25) is 5.02 Å². The number of hydrogen-bond donors (Lipinski definition) is 0. The molecule has 0 N–H and O–H groups in total. The van der Waals surface area contributed by atoms with E-state index in [9.17, 15) is 4.55 Å². The summed E-state index contributed by atoms with van der Waals surface area (Å²) in [5, 5.41) is 0.550. The summed E-state index contributed by atoms with van der Waals surface area (Å²) in [7, 11) is 0. The Morgan fingerprint density at radius 2 is 2.30 bits per heavy atom. The van der Waals surface area contributed by atoms with Crippen molar-refractivity contribution in [2.24, 2.45) is 0 Å².